The van der Waals surface area contributed by atoms with Crippen molar-refractivity contribution in [1.82, 2.24) is 4.90 Å². The summed E-state index contributed by atoms with van der Waals surface area (Å²) in [6, 6.07) is 4.50. The van der Waals surface area contributed by atoms with Gasteiger partial charge in [-0.05, 0) is 62.0 Å². The topological polar surface area (TPSA) is 81.9 Å². The van der Waals surface area contributed by atoms with E-state index >= 15 is 0 Å². The fourth-order valence-electron chi connectivity index (χ4n) is 2.70. The van der Waals surface area contributed by atoms with E-state index in [9.17, 15) is 14.9 Å². The van der Waals surface area contributed by atoms with Crippen LogP contribution in [0.4, 0.5) is 10.5 Å². The molecule has 7 nitrogen and oxygen atoms in total. The second-order valence-corrected chi connectivity index (χ2v) is 7.83. The summed E-state index contributed by atoms with van der Waals surface area (Å²) in [6.07, 6.45) is 2.29. The summed E-state index contributed by atoms with van der Waals surface area (Å²) in [5.74, 6) is 0.183. The van der Waals surface area contributed by atoms with E-state index in [1.54, 1.807) is 17.0 Å². The molecular weight excluding hydrogens is 392 g/mol. The van der Waals surface area contributed by atoms with Crippen LogP contribution in [0.1, 0.15) is 40.0 Å². The molecule has 0 saturated carbocycles. The number of halogens is 1. The molecule has 0 aromatic heterocycles. The molecule has 1 saturated heterocycles. The number of benzene rings is 1. The predicted molar refractivity (Wildman–Crippen MR) is 96.9 cm³/mol. The number of piperidine rings is 1. The first-order chi connectivity index (χ1) is 11.7. The van der Waals surface area contributed by atoms with Gasteiger partial charge in [0.25, 0.3) is 0 Å². The monoisotopic (exact) mass is 414 g/mol. The molecule has 1 aliphatic heterocycles. The van der Waals surface area contributed by atoms with Crippen molar-refractivity contribution < 1.29 is 19.2 Å². The lowest BCUT2D eigenvalue weighted by atomic mass is 10.0. The highest BCUT2D eigenvalue weighted by atomic mass is 79.9. The molecule has 1 fully saturated rings. The van der Waals surface area contributed by atoms with Crippen LogP contribution in [0.25, 0.3) is 0 Å². The van der Waals surface area contributed by atoms with Crippen molar-refractivity contribution in [3.05, 3.63) is 32.8 Å². The van der Waals surface area contributed by atoms with Crippen molar-refractivity contribution in [1.29, 1.82) is 0 Å². The minimum absolute atomic E-state index is 0.103. The van der Waals surface area contributed by atoms with E-state index in [0.29, 0.717) is 11.0 Å². The van der Waals surface area contributed by atoms with Crippen LogP contribution in [0.3, 0.4) is 0 Å². The molecule has 0 unspecified atom stereocenters. The normalized spacial score (nSPS) is 17.9. The molecule has 1 amide bonds. The van der Waals surface area contributed by atoms with E-state index in [2.05, 4.69) is 15.9 Å². The second kappa shape index (κ2) is 8.03. The molecular formula is C17H23BrN2O5. The summed E-state index contributed by atoms with van der Waals surface area (Å²) in [7, 11) is 0. The maximum absolute atomic E-state index is 12.4. The molecule has 1 aromatic rings. The van der Waals surface area contributed by atoms with Gasteiger partial charge in [-0.25, -0.2) is 4.79 Å². The Bertz CT molecular complexity index is 644. The fraction of sp³-hybridized carbons (Fsp3) is 0.588. The molecule has 25 heavy (non-hydrogen) atoms. The van der Waals surface area contributed by atoms with Crippen LogP contribution in [0, 0.1) is 10.1 Å². The Morgan fingerprint density at radius 3 is 2.76 bits per heavy atom. The van der Waals surface area contributed by atoms with Gasteiger partial charge in [-0.15, -0.1) is 0 Å². The maximum Gasteiger partial charge on any atom is 0.410 e. The first kappa shape index (κ1) is 19.5. The van der Waals surface area contributed by atoms with Gasteiger partial charge < -0.3 is 14.4 Å². The van der Waals surface area contributed by atoms with Crippen LogP contribution in [0.5, 0.6) is 5.75 Å². The number of carbonyl (C=O) groups is 1. The lowest BCUT2D eigenvalue weighted by molar-refractivity contribution is -0.386. The van der Waals surface area contributed by atoms with Crippen molar-refractivity contribution in [2.24, 2.45) is 0 Å². The molecule has 1 aromatic carbocycles. The second-order valence-electron chi connectivity index (χ2n) is 6.98. The number of nitro groups is 1. The van der Waals surface area contributed by atoms with E-state index in [1.165, 1.54) is 6.07 Å². The van der Waals surface area contributed by atoms with Gasteiger partial charge in [0.05, 0.1) is 15.4 Å². The van der Waals surface area contributed by atoms with Gasteiger partial charge in [0.2, 0.25) is 5.75 Å². The number of para-hydroxylation sites is 1. The smallest absolute Gasteiger partial charge is 0.410 e. The van der Waals surface area contributed by atoms with Crippen molar-refractivity contribution in [2.75, 3.05) is 13.2 Å². The Morgan fingerprint density at radius 1 is 1.40 bits per heavy atom. The summed E-state index contributed by atoms with van der Waals surface area (Å²) in [4.78, 5) is 24.8. The van der Waals surface area contributed by atoms with Crippen molar-refractivity contribution in [3.8, 4) is 5.75 Å². The van der Waals surface area contributed by atoms with Crippen LogP contribution >= 0.6 is 15.9 Å². The van der Waals surface area contributed by atoms with Gasteiger partial charge in [-0.2, -0.15) is 0 Å². The van der Waals surface area contributed by atoms with Crippen LogP contribution < -0.4 is 4.74 Å². The number of nitrogens with zero attached hydrogens (tertiary/aromatic N) is 2. The van der Waals surface area contributed by atoms with Crippen LogP contribution in [-0.2, 0) is 4.74 Å². The van der Waals surface area contributed by atoms with Gasteiger partial charge in [-0.1, -0.05) is 6.07 Å². The van der Waals surface area contributed by atoms with E-state index in [1.807, 2.05) is 20.8 Å². The molecule has 2 rings (SSSR count). The molecule has 1 aliphatic rings. The zero-order valence-electron chi connectivity index (χ0n) is 14.7. The van der Waals surface area contributed by atoms with E-state index < -0.39 is 10.5 Å². The van der Waals surface area contributed by atoms with Crippen LogP contribution in [-0.4, -0.2) is 40.7 Å². The quantitative estimate of drug-likeness (QED) is 0.533. The molecule has 0 radical (unpaired) electrons. The van der Waals surface area contributed by atoms with Gasteiger partial charge in [0.1, 0.15) is 12.2 Å². The molecule has 0 N–H and O–H groups in total. The zero-order valence-corrected chi connectivity index (χ0v) is 16.2. The molecule has 1 atom stereocenters. The SMILES string of the molecule is CC(C)(C)OC(=O)N1CCCC[C@@H]1COc1c(Br)cccc1[N+](=O)[O-]. The minimum Gasteiger partial charge on any atom is -0.484 e. The van der Waals surface area contributed by atoms with Gasteiger partial charge in [0.15, 0.2) is 0 Å². The number of hydrogen-bond donors (Lipinski definition) is 0. The fourth-order valence-corrected chi connectivity index (χ4v) is 3.17. The van der Waals surface area contributed by atoms with E-state index in [-0.39, 0.29) is 30.2 Å². The lowest BCUT2D eigenvalue weighted by Gasteiger charge is -2.36. The number of hydrogen-bond acceptors (Lipinski definition) is 5. The predicted octanol–water partition coefficient (Wildman–Crippen LogP) is 4.53. The van der Waals surface area contributed by atoms with E-state index in [4.69, 9.17) is 9.47 Å². The van der Waals surface area contributed by atoms with Gasteiger partial charge in [-0.3, -0.25) is 10.1 Å². The number of rotatable bonds is 4. The number of nitro benzene ring substituents is 1. The standard InChI is InChI=1S/C17H23BrN2O5/c1-17(2,3)25-16(21)19-10-5-4-7-12(19)11-24-15-13(18)8-6-9-14(15)20(22)23/h6,8-9,12H,4-5,7,10-11H2,1-3H3/t12-/m1/s1. The zero-order chi connectivity index (χ0) is 18.6. The summed E-state index contributed by atoms with van der Waals surface area (Å²) >= 11 is 3.29. The number of likely N-dealkylation sites (tertiary alicyclic amines) is 1. The Balaban J connectivity index is 2.10. The van der Waals surface area contributed by atoms with Gasteiger partial charge >= 0.3 is 11.8 Å². The molecule has 0 bridgehead atoms. The van der Waals surface area contributed by atoms with Gasteiger partial charge in [0, 0.05) is 12.6 Å². The molecule has 0 spiro atoms. The molecule has 138 valence electrons. The van der Waals surface area contributed by atoms with Crippen molar-refractivity contribution in [2.45, 2.75) is 51.7 Å². The average molecular weight is 415 g/mol. The Morgan fingerprint density at radius 2 is 2.12 bits per heavy atom. The average Bonchev–Trinajstić information content (AvgIpc) is 2.52. The molecule has 8 heteroatoms. The summed E-state index contributed by atoms with van der Waals surface area (Å²) < 4.78 is 11.7. The first-order valence-corrected chi connectivity index (χ1v) is 9.03. The van der Waals surface area contributed by atoms with Crippen LogP contribution in [0.15, 0.2) is 22.7 Å². The maximum atomic E-state index is 12.4. The number of ether oxygens (including phenoxy) is 2. The number of amides is 1. The summed E-state index contributed by atoms with van der Waals surface area (Å²) in [5.41, 5.74) is -0.671. The van der Waals surface area contributed by atoms with E-state index in [0.717, 1.165) is 19.3 Å². The largest absolute Gasteiger partial charge is 0.484 e. The summed E-state index contributed by atoms with van der Waals surface area (Å²) in [6.45, 7) is 6.25. The third-order valence-electron chi connectivity index (χ3n) is 3.82. The third kappa shape index (κ3) is 5.32. The molecule has 0 aliphatic carbocycles. The Hall–Kier alpha value is -1.83. The Kier molecular flexibility index (Phi) is 6.26. The lowest BCUT2D eigenvalue weighted by Crippen LogP contribution is -2.48. The van der Waals surface area contributed by atoms with Crippen LogP contribution in [0.2, 0.25) is 0 Å². The highest BCUT2D eigenvalue weighted by Crippen LogP contribution is 2.35. The number of carbonyl (C=O) groups excluding carboxylic acids is 1. The Labute approximate surface area is 155 Å². The third-order valence-corrected chi connectivity index (χ3v) is 4.44. The highest BCUT2D eigenvalue weighted by Gasteiger charge is 2.31. The first-order valence-electron chi connectivity index (χ1n) is 8.24. The van der Waals surface area contributed by atoms with Crippen molar-refractivity contribution in [3.63, 3.8) is 0 Å². The van der Waals surface area contributed by atoms with Crippen molar-refractivity contribution >= 4 is 27.7 Å². The minimum atomic E-state index is -0.568. The summed E-state index contributed by atoms with van der Waals surface area (Å²) in [5, 5.41) is 11.2. The molecule has 1 heterocycles. The highest BCUT2D eigenvalue weighted by molar-refractivity contribution is 9.10.